The summed E-state index contributed by atoms with van der Waals surface area (Å²) < 4.78 is 1.04. The van der Waals surface area contributed by atoms with Gasteiger partial charge in [0.15, 0.2) is 0 Å². The molecule has 2 N–H and O–H groups in total. The fraction of sp³-hybridized carbons (Fsp3) is 0.533. The number of hydrogen-bond acceptors (Lipinski definition) is 2. The van der Waals surface area contributed by atoms with Gasteiger partial charge >= 0.3 is 0 Å². The Morgan fingerprint density at radius 3 is 2.68 bits per heavy atom. The molecule has 0 saturated heterocycles. The molecule has 3 nitrogen and oxygen atoms in total. The highest BCUT2D eigenvalue weighted by atomic mass is 79.9. The Kier molecular flexibility index (Phi) is 4.63. The van der Waals surface area contributed by atoms with E-state index in [2.05, 4.69) is 15.9 Å². The smallest absolute Gasteiger partial charge is 0.230 e. The number of carbonyl (C=O) groups excluding carboxylic acids is 1. The van der Waals surface area contributed by atoms with Crippen molar-refractivity contribution in [1.29, 1.82) is 0 Å². The molecular weight excluding hydrogens is 304 g/mol. The molecule has 0 bridgehead atoms. The topological polar surface area (TPSA) is 46.3 Å². The van der Waals surface area contributed by atoms with Crippen molar-refractivity contribution in [2.45, 2.75) is 32.2 Å². The molecule has 1 aliphatic carbocycles. The second-order valence-corrected chi connectivity index (χ2v) is 6.40. The van der Waals surface area contributed by atoms with Crippen LogP contribution in [0.2, 0.25) is 0 Å². The fourth-order valence-electron chi connectivity index (χ4n) is 2.94. The van der Waals surface area contributed by atoms with E-state index in [1.165, 1.54) is 0 Å². The van der Waals surface area contributed by atoms with Crippen LogP contribution in [-0.4, -0.2) is 24.4 Å². The normalized spacial score (nSPS) is 17.4. The van der Waals surface area contributed by atoms with E-state index in [9.17, 15) is 4.79 Å². The first-order valence-corrected chi connectivity index (χ1v) is 7.57. The lowest BCUT2D eigenvalue weighted by molar-refractivity contribution is -0.140. The van der Waals surface area contributed by atoms with E-state index in [0.29, 0.717) is 13.1 Å². The molecular formula is C15H21BrN2O. The Hall–Kier alpha value is -0.870. The van der Waals surface area contributed by atoms with Crippen LogP contribution in [0.25, 0.3) is 0 Å². The summed E-state index contributed by atoms with van der Waals surface area (Å²) in [6, 6.07) is 8.07. The molecule has 0 radical (unpaired) electrons. The van der Waals surface area contributed by atoms with Gasteiger partial charge in [-0.3, -0.25) is 4.79 Å². The number of rotatable bonds is 4. The number of hydrogen-bond donors (Lipinski definition) is 1. The molecule has 0 atom stereocenters. The predicted octanol–water partition coefficient (Wildman–Crippen LogP) is 2.93. The van der Waals surface area contributed by atoms with Crippen molar-refractivity contribution in [2.24, 2.45) is 11.1 Å². The van der Waals surface area contributed by atoms with E-state index in [1.54, 1.807) is 0 Å². The zero-order valence-electron chi connectivity index (χ0n) is 11.4. The SMILES string of the molecule is CN(Cc1cccc(Br)c1)C(=O)C1(CN)CCCC1. The minimum atomic E-state index is -0.305. The van der Waals surface area contributed by atoms with Crippen LogP contribution in [0, 0.1) is 5.41 Å². The quantitative estimate of drug-likeness (QED) is 0.925. The third-order valence-corrected chi connectivity index (χ3v) is 4.55. The molecule has 4 heteroatoms. The molecule has 1 saturated carbocycles. The zero-order chi connectivity index (χ0) is 13.9. The van der Waals surface area contributed by atoms with Gasteiger partial charge in [0.25, 0.3) is 0 Å². The van der Waals surface area contributed by atoms with Gasteiger partial charge in [0.2, 0.25) is 5.91 Å². The van der Waals surface area contributed by atoms with Crippen molar-refractivity contribution in [3.63, 3.8) is 0 Å². The van der Waals surface area contributed by atoms with Crippen molar-refractivity contribution in [2.75, 3.05) is 13.6 Å². The first-order valence-electron chi connectivity index (χ1n) is 6.77. The van der Waals surface area contributed by atoms with E-state index in [-0.39, 0.29) is 11.3 Å². The van der Waals surface area contributed by atoms with Gasteiger partial charge in [-0.15, -0.1) is 0 Å². The largest absolute Gasteiger partial charge is 0.341 e. The summed E-state index contributed by atoms with van der Waals surface area (Å²) in [6.45, 7) is 1.11. The molecule has 1 aliphatic rings. The highest BCUT2D eigenvalue weighted by molar-refractivity contribution is 9.10. The van der Waals surface area contributed by atoms with Gasteiger partial charge in [0.05, 0.1) is 5.41 Å². The van der Waals surface area contributed by atoms with Crippen molar-refractivity contribution >= 4 is 21.8 Å². The van der Waals surface area contributed by atoms with E-state index in [0.717, 1.165) is 35.7 Å². The third-order valence-electron chi connectivity index (χ3n) is 4.06. The Bertz CT molecular complexity index is 455. The van der Waals surface area contributed by atoms with Crippen molar-refractivity contribution in [3.05, 3.63) is 34.3 Å². The first kappa shape index (κ1) is 14.5. The van der Waals surface area contributed by atoms with Crippen LogP contribution in [-0.2, 0) is 11.3 Å². The Morgan fingerprint density at radius 1 is 1.42 bits per heavy atom. The minimum absolute atomic E-state index is 0.201. The van der Waals surface area contributed by atoms with Gasteiger partial charge in [-0.2, -0.15) is 0 Å². The molecule has 1 fully saturated rings. The van der Waals surface area contributed by atoms with Gasteiger partial charge < -0.3 is 10.6 Å². The monoisotopic (exact) mass is 324 g/mol. The van der Waals surface area contributed by atoms with Crippen molar-refractivity contribution in [1.82, 2.24) is 4.90 Å². The van der Waals surface area contributed by atoms with Crippen LogP contribution in [0.3, 0.4) is 0 Å². The molecule has 1 aromatic rings. The maximum absolute atomic E-state index is 12.6. The molecule has 0 heterocycles. The summed E-state index contributed by atoms with van der Waals surface area (Å²) in [6.07, 6.45) is 4.11. The zero-order valence-corrected chi connectivity index (χ0v) is 12.9. The lowest BCUT2D eigenvalue weighted by Gasteiger charge is -2.31. The molecule has 0 aliphatic heterocycles. The maximum atomic E-state index is 12.6. The summed E-state index contributed by atoms with van der Waals surface area (Å²) >= 11 is 3.46. The predicted molar refractivity (Wildman–Crippen MR) is 80.6 cm³/mol. The van der Waals surface area contributed by atoms with E-state index < -0.39 is 0 Å². The summed E-state index contributed by atoms with van der Waals surface area (Å²) in [7, 11) is 1.87. The highest BCUT2D eigenvalue weighted by Gasteiger charge is 2.41. The summed E-state index contributed by atoms with van der Waals surface area (Å²) in [5.74, 6) is 0.201. The molecule has 1 aromatic carbocycles. The molecule has 19 heavy (non-hydrogen) atoms. The van der Waals surface area contributed by atoms with Crippen LogP contribution in [0.4, 0.5) is 0 Å². The van der Waals surface area contributed by atoms with Crippen LogP contribution in [0.1, 0.15) is 31.2 Å². The molecule has 0 aromatic heterocycles. The second kappa shape index (κ2) is 6.06. The van der Waals surface area contributed by atoms with Crippen LogP contribution < -0.4 is 5.73 Å². The Balaban J connectivity index is 2.07. The lowest BCUT2D eigenvalue weighted by atomic mass is 9.84. The number of amides is 1. The average molecular weight is 325 g/mol. The second-order valence-electron chi connectivity index (χ2n) is 5.48. The van der Waals surface area contributed by atoms with Crippen LogP contribution in [0.15, 0.2) is 28.7 Å². The van der Waals surface area contributed by atoms with Gasteiger partial charge in [-0.25, -0.2) is 0 Å². The summed E-state index contributed by atoms with van der Waals surface area (Å²) in [5, 5.41) is 0. The Labute approximate surface area is 123 Å². The average Bonchev–Trinajstić information content (AvgIpc) is 2.87. The summed E-state index contributed by atoms with van der Waals surface area (Å²) in [4.78, 5) is 14.4. The standard InChI is InChI=1S/C15H21BrN2O/c1-18(10-12-5-4-6-13(16)9-12)14(19)15(11-17)7-2-3-8-15/h4-6,9H,2-3,7-8,10-11,17H2,1H3. The molecule has 2 rings (SSSR count). The van der Waals surface area contributed by atoms with Crippen molar-refractivity contribution < 1.29 is 4.79 Å². The van der Waals surface area contributed by atoms with Gasteiger partial charge in [-0.1, -0.05) is 40.9 Å². The van der Waals surface area contributed by atoms with Gasteiger partial charge in [0, 0.05) is 24.6 Å². The maximum Gasteiger partial charge on any atom is 0.230 e. The third kappa shape index (κ3) is 3.18. The van der Waals surface area contributed by atoms with Gasteiger partial charge in [-0.05, 0) is 30.5 Å². The van der Waals surface area contributed by atoms with Crippen LogP contribution >= 0.6 is 15.9 Å². The molecule has 0 spiro atoms. The van der Waals surface area contributed by atoms with Crippen LogP contribution in [0.5, 0.6) is 0 Å². The number of carbonyl (C=O) groups is 1. The lowest BCUT2D eigenvalue weighted by Crippen LogP contribution is -2.44. The van der Waals surface area contributed by atoms with E-state index in [1.807, 2.05) is 36.2 Å². The highest BCUT2D eigenvalue weighted by Crippen LogP contribution is 2.38. The van der Waals surface area contributed by atoms with E-state index >= 15 is 0 Å². The molecule has 104 valence electrons. The molecule has 0 unspecified atom stereocenters. The van der Waals surface area contributed by atoms with Crippen molar-refractivity contribution in [3.8, 4) is 0 Å². The summed E-state index contributed by atoms with van der Waals surface area (Å²) in [5.41, 5.74) is 6.70. The number of nitrogens with two attached hydrogens (primary N) is 1. The number of benzene rings is 1. The van der Waals surface area contributed by atoms with E-state index in [4.69, 9.17) is 5.73 Å². The molecule has 1 amide bonds. The Morgan fingerprint density at radius 2 is 2.11 bits per heavy atom. The number of halogens is 1. The first-order chi connectivity index (χ1) is 9.07. The minimum Gasteiger partial charge on any atom is -0.341 e. The number of nitrogens with zero attached hydrogens (tertiary/aromatic N) is 1. The van der Waals surface area contributed by atoms with Gasteiger partial charge in [0.1, 0.15) is 0 Å². The fourth-order valence-corrected chi connectivity index (χ4v) is 3.39.